The van der Waals surface area contributed by atoms with Crippen LogP contribution >= 0.6 is 11.6 Å². The molecule has 1 aliphatic rings. The lowest BCUT2D eigenvalue weighted by Crippen LogP contribution is -2.28. The third-order valence-corrected chi connectivity index (χ3v) is 3.17. The van der Waals surface area contributed by atoms with Crippen LogP contribution in [0.3, 0.4) is 0 Å². The van der Waals surface area contributed by atoms with Gasteiger partial charge in [-0.05, 0) is 43.9 Å². The summed E-state index contributed by atoms with van der Waals surface area (Å²) < 4.78 is 5.46. The van der Waals surface area contributed by atoms with Crippen LogP contribution in [0, 0.1) is 5.92 Å². The molecule has 1 amide bonds. The monoisotopic (exact) mass is 269 g/mol. The molecule has 98 valence electrons. The van der Waals surface area contributed by atoms with E-state index in [0.29, 0.717) is 18.2 Å². The second kappa shape index (κ2) is 5.59. The fourth-order valence-electron chi connectivity index (χ4n) is 1.47. The van der Waals surface area contributed by atoms with Crippen LogP contribution in [0.1, 0.15) is 19.8 Å². The highest BCUT2D eigenvalue weighted by Crippen LogP contribution is 2.29. The minimum atomic E-state index is -0.488. The number of anilines is 1. The van der Waals surface area contributed by atoms with E-state index in [2.05, 4.69) is 5.32 Å². The Kier molecular flexibility index (Phi) is 4.09. The topological polar surface area (TPSA) is 58.6 Å². The number of phenolic OH excluding ortho intramolecular Hbond substituents is 1. The maximum absolute atomic E-state index is 11.8. The van der Waals surface area contributed by atoms with Crippen LogP contribution in [0.15, 0.2) is 18.2 Å². The minimum absolute atomic E-state index is 0.00676. The summed E-state index contributed by atoms with van der Waals surface area (Å²) in [5.41, 5.74) is 0.546. The molecule has 1 saturated carbocycles. The van der Waals surface area contributed by atoms with E-state index < -0.39 is 6.10 Å². The highest BCUT2D eigenvalue weighted by atomic mass is 35.5. The van der Waals surface area contributed by atoms with Gasteiger partial charge in [-0.1, -0.05) is 11.6 Å². The predicted molar refractivity (Wildman–Crippen MR) is 69.9 cm³/mol. The number of aromatic hydroxyl groups is 1. The maximum atomic E-state index is 11.8. The molecule has 2 N–H and O–H groups in total. The Morgan fingerprint density at radius 3 is 2.94 bits per heavy atom. The van der Waals surface area contributed by atoms with Gasteiger partial charge in [0.2, 0.25) is 0 Å². The maximum Gasteiger partial charge on any atom is 0.253 e. The van der Waals surface area contributed by atoms with Gasteiger partial charge >= 0.3 is 0 Å². The second-order valence-electron chi connectivity index (χ2n) is 4.57. The van der Waals surface area contributed by atoms with Crippen molar-refractivity contribution in [3.8, 4) is 5.75 Å². The molecule has 0 spiro atoms. The summed E-state index contributed by atoms with van der Waals surface area (Å²) in [4.78, 5) is 11.8. The summed E-state index contributed by atoms with van der Waals surface area (Å²) in [6, 6.07) is 4.53. The lowest BCUT2D eigenvalue weighted by molar-refractivity contribution is -0.126. The quantitative estimate of drug-likeness (QED) is 0.808. The Morgan fingerprint density at radius 2 is 2.33 bits per heavy atom. The first-order chi connectivity index (χ1) is 8.56. The third kappa shape index (κ3) is 3.62. The van der Waals surface area contributed by atoms with E-state index in [0.717, 1.165) is 0 Å². The molecular weight excluding hydrogens is 254 g/mol. The lowest BCUT2D eigenvalue weighted by atomic mass is 10.3. The number of phenols is 1. The molecule has 0 aromatic heterocycles. The Morgan fingerprint density at radius 1 is 1.61 bits per heavy atom. The predicted octanol–water partition coefficient (Wildman–Crippen LogP) is 2.80. The van der Waals surface area contributed by atoms with E-state index in [1.165, 1.54) is 25.0 Å². The third-order valence-electron chi connectivity index (χ3n) is 2.86. The average Bonchev–Trinajstić information content (AvgIpc) is 3.14. The van der Waals surface area contributed by atoms with Crippen molar-refractivity contribution in [1.82, 2.24) is 0 Å². The summed E-state index contributed by atoms with van der Waals surface area (Å²) >= 11 is 5.76. The van der Waals surface area contributed by atoms with Crippen molar-refractivity contribution < 1.29 is 14.6 Å². The molecule has 0 radical (unpaired) electrons. The molecule has 1 atom stereocenters. The summed E-state index contributed by atoms with van der Waals surface area (Å²) in [5.74, 6) is 0.411. The summed E-state index contributed by atoms with van der Waals surface area (Å²) in [5, 5.41) is 12.2. The van der Waals surface area contributed by atoms with Gasteiger partial charge in [0.25, 0.3) is 5.91 Å². The van der Waals surface area contributed by atoms with Crippen molar-refractivity contribution in [3.63, 3.8) is 0 Å². The van der Waals surface area contributed by atoms with Gasteiger partial charge in [0.1, 0.15) is 11.9 Å². The smallest absolute Gasteiger partial charge is 0.253 e. The number of nitrogens with one attached hydrogen (secondary N) is 1. The molecule has 1 aliphatic carbocycles. The van der Waals surface area contributed by atoms with Gasteiger partial charge in [-0.25, -0.2) is 0 Å². The minimum Gasteiger partial charge on any atom is -0.506 e. The first-order valence-electron chi connectivity index (χ1n) is 5.97. The number of rotatable bonds is 5. The molecule has 5 heteroatoms. The van der Waals surface area contributed by atoms with Crippen molar-refractivity contribution >= 4 is 23.2 Å². The summed E-state index contributed by atoms with van der Waals surface area (Å²) in [6.07, 6.45) is 1.90. The van der Waals surface area contributed by atoms with E-state index in [4.69, 9.17) is 16.3 Å². The van der Waals surface area contributed by atoms with Gasteiger partial charge in [-0.3, -0.25) is 4.79 Å². The molecule has 18 heavy (non-hydrogen) atoms. The van der Waals surface area contributed by atoms with Crippen molar-refractivity contribution in [2.75, 3.05) is 11.9 Å². The molecule has 1 aromatic carbocycles. The van der Waals surface area contributed by atoms with E-state index in [-0.39, 0.29) is 16.7 Å². The Labute approximate surface area is 111 Å². The van der Waals surface area contributed by atoms with Crippen molar-refractivity contribution in [3.05, 3.63) is 23.2 Å². The lowest BCUT2D eigenvalue weighted by Gasteiger charge is -2.13. The summed E-state index contributed by atoms with van der Waals surface area (Å²) in [6.45, 7) is 2.37. The number of hydrogen-bond donors (Lipinski definition) is 2. The molecule has 4 nitrogen and oxygen atoms in total. The highest BCUT2D eigenvalue weighted by Gasteiger charge is 2.24. The first kappa shape index (κ1) is 13.2. The Bertz CT molecular complexity index is 446. The van der Waals surface area contributed by atoms with Crippen LogP contribution in [0.25, 0.3) is 0 Å². The molecular formula is C13H16ClNO3. The molecule has 2 rings (SSSR count). The number of halogens is 1. The molecule has 0 aliphatic heterocycles. The van der Waals surface area contributed by atoms with Crippen molar-refractivity contribution in [2.24, 2.45) is 5.92 Å². The van der Waals surface area contributed by atoms with Gasteiger partial charge in [-0.2, -0.15) is 0 Å². The van der Waals surface area contributed by atoms with Crippen LogP contribution in [-0.4, -0.2) is 23.7 Å². The summed E-state index contributed by atoms with van der Waals surface area (Å²) in [7, 11) is 0. The number of carbonyl (C=O) groups excluding carboxylic acids is 1. The van der Waals surface area contributed by atoms with Gasteiger partial charge in [-0.15, -0.1) is 0 Å². The van der Waals surface area contributed by atoms with Crippen molar-refractivity contribution in [2.45, 2.75) is 25.9 Å². The Hall–Kier alpha value is -1.26. The van der Waals surface area contributed by atoms with Gasteiger partial charge in [0.15, 0.2) is 0 Å². The number of benzene rings is 1. The van der Waals surface area contributed by atoms with Crippen LogP contribution in [-0.2, 0) is 9.53 Å². The van der Waals surface area contributed by atoms with E-state index in [9.17, 15) is 9.90 Å². The van der Waals surface area contributed by atoms with Gasteiger partial charge < -0.3 is 15.2 Å². The fourth-order valence-corrected chi connectivity index (χ4v) is 1.65. The first-order valence-corrected chi connectivity index (χ1v) is 6.35. The zero-order valence-corrected chi connectivity index (χ0v) is 10.9. The molecule has 0 bridgehead atoms. The highest BCUT2D eigenvalue weighted by molar-refractivity contribution is 6.32. The van der Waals surface area contributed by atoms with Gasteiger partial charge in [0, 0.05) is 5.69 Å². The molecule has 0 unspecified atom stereocenters. The van der Waals surface area contributed by atoms with Crippen molar-refractivity contribution in [1.29, 1.82) is 0 Å². The molecule has 1 aromatic rings. The second-order valence-corrected chi connectivity index (χ2v) is 4.98. The Balaban J connectivity index is 1.86. The zero-order chi connectivity index (χ0) is 13.1. The number of amides is 1. The van der Waals surface area contributed by atoms with Crippen LogP contribution in [0.4, 0.5) is 5.69 Å². The SMILES string of the molecule is C[C@@H](OCC1CC1)C(=O)Nc1ccc(O)c(Cl)c1. The largest absolute Gasteiger partial charge is 0.506 e. The van der Waals surface area contributed by atoms with Crippen LogP contribution < -0.4 is 5.32 Å². The van der Waals surface area contributed by atoms with E-state index in [1.54, 1.807) is 13.0 Å². The standard InChI is InChI=1S/C13H16ClNO3/c1-8(18-7-9-2-3-9)13(17)15-10-4-5-12(16)11(14)6-10/h4-6,8-9,16H,2-3,7H2,1H3,(H,15,17)/t8-/m1/s1. The molecule has 1 fully saturated rings. The van der Waals surface area contributed by atoms with Gasteiger partial charge in [0.05, 0.1) is 11.6 Å². The molecule has 0 heterocycles. The van der Waals surface area contributed by atoms with Crippen LogP contribution in [0.2, 0.25) is 5.02 Å². The van der Waals surface area contributed by atoms with Crippen LogP contribution in [0.5, 0.6) is 5.75 Å². The number of hydrogen-bond acceptors (Lipinski definition) is 3. The fraction of sp³-hybridized carbons (Fsp3) is 0.462. The zero-order valence-electron chi connectivity index (χ0n) is 10.1. The number of ether oxygens (including phenoxy) is 1. The van der Waals surface area contributed by atoms with E-state index >= 15 is 0 Å². The molecule has 0 saturated heterocycles. The number of carbonyl (C=O) groups is 1. The normalized spacial score (nSPS) is 16.3. The van der Waals surface area contributed by atoms with E-state index in [1.807, 2.05) is 0 Å². The average molecular weight is 270 g/mol.